The van der Waals surface area contributed by atoms with Gasteiger partial charge in [0.1, 0.15) is 0 Å². The fourth-order valence-corrected chi connectivity index (χ4v) is 9.06. The quantitative estimate of drug-likeness (QED) is 0.382. The van der Waals surface area contributed by atoms with Crippen LogP contribution in [0.2, 0.25) is 0 Å². The SMILES string of the molecule is CC1C(C)C2CC1C1C3CCC(C3)C21.CC1C2CCC(C2)C1C.CCCC.CCCC. The standard InChI is InChI=1S/C14H22.C9H16.2C4H10/c1-7-8(2)12-6-11(7)13-9-3-4-10(5-9)14(12)13;1-6-7(2)9-4-3-8(6)5-9;2*1-3-4-2/h7-14H,3-6H2,1-2H3;6-9H,3-5H2,1-2H3;2*3-4H2,1-2H3. The van der Waals surface area contributed by atoms with Gasteiger partial charge in [-0.3, -0.25) is 0 Å². The Balaban J connectivity index is 0.000000138. The zero-order valence-corrected chi connectivity index (χ0v) is 22.7. The van der Waals surface area contributed by atoms with Crippen molar-refractivity contribution in [3.63, 3.8) is 0 Å². The van der Waals surface area contributed by atoms with Crippen molar-refractivity contribution in [2.75, 3.05) is 0 Å². The third kappa shape index (κ3) is 5.09. The van der Waals surface area contributed by atoms with Crippen LogP contribution in [-0.4, -0.2) is 0 Å². The van der Waals surface area contributed by atoms with Gasteiger partial charge in [-0.2, -0.15) is 0 Å². The van der Waals surface area contributed by atoms with E-state index < -0.39 is 0 Å². The summed E-state index contributed by atoms with van der Waals surface area (Å²) in [5.41, 5.74) is 0. The van der Waals surface area contributed by atoms with Crippen molar-refractivity contribution in [3.05, 3.63) is 0 Å². The lowest BCUT2D eigenvalue weighted by Gasteiger charge is -2.41. The van der Waals surface area contributed by atoms with Gasteiger partial charge in [-0.05, 0) is 116 Å². The van der Waals surface area contributed by atoms with Crippen LogP contribution < -0.4 is 0 Å². The lowest BCUT2D eigenvalue weighted by Crippen LogP contribution is -2.35. The van der Waals surface area contributed by atoms with Gasteiger partial charge in [0.25, 0.3) is 0 Å². The van der Waals surface area contributed by atoms with Gasteiger partial charge in [0.05, 0.1) is 0 Å². The van der Waals surface area contributed by atoms with Crippen LogP contribution in [0.25, 0.3) is 0 Å². The Hall–Kier alpha value is 0. The summed E-state index contributed by atoms with van der Waals surface area (Å²) in [5.74, 6) is 13.5. The average Bonchev–Trinajstić information content (AvgIpc) is 3.61. The summed E-state index contributed by atoms with van der Waals surface area (Å²) in [7, 11) is 0. The zero-order valence-electron chi connectivity index (χ0n) is 22.7. The molecule has 0 heteroatoms. The first-order chi connectivity index (χ1) is 14.9. The lowest BCUT2D eigenvalue weighted by molar-refractivity contribution is 0.0716. The van der Waals surface area contributed by atoms with Crippen molar-refractivity contribution in [3.8, 4) is 0 Å². The Labute approximate surface area is 197 Å². The van der Waals surface area contributed by atoms with Gasteiger partial charge in [0.15, 0.2) is 0 Å². The van der Waals surface area contributed by atoms with E-state index in [-0.39, 0.29) is 0 Å². The maximum Gasteiger partial charge on any atom is -0.0321 e. The molecule has 6 bridgehead atoms. The van der Waals surface area contributed by atoms with E-state index in [0.717, 1.165) is 47.3 Å². The van der Waals surface area contributed by atoms with Crippen LogP contribution in [0.15, 0.2) is 0 Å². The van der Waals surface area contributed by atoms with Crippen molar-refractivity contribution in [1.29, 1.82) is 0 Å². The van der Waals surface area contributed by atoms with Crippen LogP contribution in [0, 0.1) is 71.0 Å². The van der Waals surface area contributed by atoms with Crippen LogP contribution >= 0.6 is 0 Å². The first kappa shape index (κ1) is 25.6. The normalized spacial score (nSPS) is 49.5. The minimum atomic E-state index is 1.05. The van der Waals surface area contributed by atoms with E-state index in [0.29, 0.717) is 0 Å². The van der Waals surface area contributed by atoms with Gasteiger partial charge in [-0.25, -0.2) is 0 Å². The third-order valence-corrected chi connectivity index (χ3v) is 11.6. The predicted molar refractivity (Wildman–Crippen MR) is 138 cm³/mol. The highest BCUT2D eigenvalue weighted by molar-refractivity contribution is 5.11. The number of hydrogen-bond donors (Lipinski definition) is 0. The first-order valence-corrected chi connectivity index (χ1v) is 14.9. The van der Waals surface area contributed by atoms with Crippen LogP contribution in [-0.2, 0) is 0 Å². The van der Waals surface area contributed by atoms with E-state index in [2.05, 4.69) is 55.4 Å². The molecule has 12 atom stereocenters. The van der Waals surface area contributed by atoms with Gasteiger partial charge >= 0.3 is 0 Å². The molecule has 0 radical (unpaired) electrons. The molecular formula is C31H58. The first-order valence-electron chi connectivity index (χ1n) is 14.9. The van der Waals surface area contributed by atoms with E-state index in [4.69, 9.17) is 0 Å². The number of hydrogen-bond acceptors (Lipinski definition) is 0. The monoisotopic (exact) mass is 430 g/mol. The largest absolute Gasteiger partial charge is 0.0654 e. The Morgan fingerprint density at radius 1 is 0.419 bits per heavy atom. The molecule has 6 aliphatic carbocycles. The van der Waals surface area contributed by atoms with Crippen molar-refractivity contribution < 1.29 is 0 Å². The van der Waals surface area contributed by atoms with Gasteiger partial charge in [-0.15, -0.1) is 0 Å². The molecule has 0 saturated heterocycles. The summed E-state index contributed by atoms with van der Waals surface area (Å²) in [5, 5.41) is 0. The summed E-state index contributed by atoms with van der Waals surface area (Å²) in [6.07, 6.45) is 16.3. The minimum absolute atomic E-state index is 1.05. The second-order valence-corrected chi connectivity index (χ2v) is 12.8. The van der Waals surface area contributed by atoms with Gasteiger partial charge < -0.3 is 0 Å². The molecule has 182 valence electrons. The van der Waals surface area contributed by atoms with Crippen LogP contribution in [0.3, 0.4) is 0 Å². The van der Waals surface area contributed by atoms with Gasteiger partial charge in [0.2, 0.25) is 0 Å². The Morgan fingerprint density at radius 3 is 1.03 bits per heavy atom. The molecule has 6 saturated carbocycles. The molecule has 0 aliphatic heterocycles. The zero-order chi connectivity index (χ0) is 22.7. The molecule has 0 N–H and O–H groups in total. The number of fused-ring (bicyclic) bond motifs is 11. The van der Waals surface area contributed by atoms with Crippen molar-refractivity contribution in [2.45, 2.75) is 126 Å². The second kappa shape index (κ2) is 11.4. The summed E-state index contributed by atoms with van der Waals surface area (Å²) < 4.78 is 0. The molecule has 0 aromatic carbocycles. The van der Waals surface area contributed by atoms with Crippen LogP contribution in [0.1, 0.15) is 126 Å². The van der Waals surface area contributed by atoms with E-state index in [1.807, 2.05) is 0 Å². The van der Waals surface area contributed by atoms with Crippen LogP contribution in [0.4, 0.5) is 0 Å². The second-order valence-electron chi connectivity index (χ2n) is 12.8. The topological polar surface area (TPSA) is 0 Å². The molecule has 12 unspecified atom stereocenters. The van der Waals surface area contributed by atoms with Crippen molar-refractivity contribution in [1.82, 2.24) is 0 Å². The highest BCUT2D eigenvalue weighted by Crippen LogP contribution is 2.70. The highest BCUT2D eigenvalue weighted by Gasteiger charge is 2.63. The van der Waals surface area contributed by atoms with Crippen molar-refractivity contribution in [2.24, 2.45) is 71.0 Å². The highest BCUT2D eigenvalue weighted by atomic mass is 14.7. The maximum atomic E-state index is 2.54. The Bertz CT molecular complexity index is 470. The molecule has 6 fully saturated rings. The molecule has 6 rings (SSSR count). The average molecular weight is 431 g/mol. The van der Waals surface area contributed by atoms with Gasteiger partial charge in [-0.1, -0.05) is 81.1 Å². The fourth-order valence-electron chi connectivity index (χ4n) is 9.06. The summed E-state index contributed by atoms with van der Waals surface area (Å²) in [4.78, 5) is 0. The van der Waals surface area contributed by atoms with E-state index in [1.165, 1.54) is 62.2 Å². The molecule has 0 aromatic rings. The predicted octanol–water partition coefficient (Wildman–Crippen LogP) is 9.87. The van der Waals surface area contributed by atoms with Gasteiger partial charge in [0, 0.05) is 0 Å². The minimum Gasteiger partial charge on any atom is -0.0654 e. The molecular weight excluding hydrogens is 372 g/mol. The number of rotatable bonds is 2. The molecule has 0 spiro atoms. The Morgan fingerprint density at radius 2 is 0.742 bits per heavy atom. The maximum absolute atomic E-state index is 2.54. The third-order valence-electron chi connectivity index (χ3n) is 11.6. The summed E-state index contributed by atoms with van der Waals surface area (Å²) >= 11 is 0. The lowest BCUT2D eigenvalue weighted by atomic mass is 9.64. The van der Waals surface area contributed by atoms with Crippen molar-refractivity contribution >= 4 is 0 Å². The Kier molecular flexibility index (Phi) is 9.44. The fraction of sp³-hybridized carbons (Fsp3) is 1.00. The summed E-state index contributed by atoms with van der Waals surface area (Å²) in [6, 6.07) is 0. The van der Waals surface area contributed by atoms with Crippen LogP contribution in [0.5, 0.6) is 0 Å². The molecule has 6 aliphatic rings. The van der Waals surface area contributed by atoms with E-state index >= 15 is 0 Å². The molecule has 0 amide bonds. The molecule has 31 heavy (non-hydrogen) atoms. The molecule has 0 aromatic heterocycles. The van der Waals surface area contributed by atoms with E-state index in [9.17, 15) is 0 Å². The van der Waals surface area contributed by atoms with E-state index in [1.54, 1.807) is 32.1 Å². The smallest absolute Gasteiger partial charge is 0.0321 e. The molecule has 0 nitrogen and oxygen atoms in total. The number of unbranched alkanes of at least 4 members (excludes halogenated alkanes) is 2. The molecule has 0 heterocycles. The summed E-state index contributed by atoms with van der Waals surface area (Å²) in [6.45, 7) is 18.7.